The van der Waals surface area contributed by atoms with Crippen molar-refractivity contribution in [2.45, 2.75) is 5.75 Å². The molecule has 0 aliphatic carbocycles. The van der Waals surface area contributed by atoms with Crippen molar-refractivity contribution in [3.05, 3.63) is 76.6 Å². The van der Waals surface area contributed by atoms with Crippen LogP contribution in [0.3, 0.4) is 0 Å². The molecule has 0 unspecified atom stereocenters. The quantitative estimate of drug-likeness (QED) is 0.587. The van der Waals surface area contributed by atoms with Crippen LogP contribution >= 0.6 is 23.4 Å². The van der Waals surface area contributed by atoms with Crippen LogP contribution in [0.4, 0.5) is 4.39 Å². The molecule has 2 aromatic rings. The van der Waals surface area contributed by atoms with E-state index in [0.29, 0.717) is 6.54 Å². The fourth-order valence-electron chi connectivity index (χ4n) is 1.87. The highest BCUT2D eigenvalue weighted by Crippen LogP contribution is 2.16. The zero-order chi connectivity index (χ0) is 16.5. The van der Waals surface area contributed by atoms with E-state index in [4.69, 9.17) is 11.6 Å². The third-order valence-corrected chi connectivity index (χ3v) is 4.27. The van der Waals surface area contributed by atoms with Crippen molar-refractivity contribution in [2.75, 3.05) is 12.3 Å². The lowest BCUT2D eigenvalue weighted by Crippen LogP contribution is -2.23. The van der Waals surface area contributed by atoms with Gasteiger partial charge in [0.1, 0.15) is 5.82 Å². The van der Waals surface area contributed by atoms with E-state index >= 15 is 0 Å². The summed E-state index contributed by atoms with van der Waals surface area (Å²) in [6, 6.07) is 13.7. The summed E-state index contributed by atoms with van der Waals surface area (Å²) in [5.41, 5.74) is 1.96. The zero-order valence-corrected chi connectivity index (χ0v) is 14.0. The van der Waals surface area contributed by atoms with Gasteiger partial charge in [0, 0.05) is 29.1 Å². The largest absolute Gasteiger partial charge is 0.352 e. The smallest absolute Gasteiger partial charge is 0.244 e. The van der Waals surface area contributed by atoms with Crippen molar-refractivity contribution in [1.82, 2.24) is 5.32 Å². The highest BCUT2D eigenvalue weighted by atomic mass is 35.5. The summed E-state index contributed by atoms with van der Waals surface area (Å²) in [5.74, 6) is 1.24. The number of thioether (sulfide) groups is 1. The molecule has 0 atom stereocenters. The number of hydrogen-bond donors (Lipinski definition) is 1. The summed E-state index contributed by atoms with van der Waals surface area (Å²) >= 11 is 7.66. The summed E-state index contributed by atoms with van der Waals surface area (Å²) in [6.07, 6.45) is 3.11. The molecule has 2 aromatic carbocycles. The molecule has 0 aliphatic heterocycles. The van der Waals surface area contributed by atoms with Crippen molar-refractivity contribution in [3.8, 4) is 0 Å². The molecule has 0 aromatic heterocycles. The molecular formula is C18H17ClFNOS. The van der Waals surface area contributed by atoms with Gasteiger partial charge in [0.25, 0.3) is 0 Å². The zero-order valence-electron chi connectivity index (χ0n) is 12.5. The van der Waals surface area contributed by atoms with Crippen molar-refractivity contribution in [1.29, 1.82) is 0 Å². The second kappa shape index (κ2) is 9.38. The average molecular weight is 350 g/mol. The molecule has 0 saturated carbocycles. The summed E-state index contributed by atoms with van der Waals surface area (Å²) < 4.78 is 12.8. The molecule has 2 nitrogen and oxygen atoms in total. The molecule has 23 heavy (non-hydrogen) atoms. The van der Waals surface area contributed by atoms with Gasteiger partial charge in [-0.05, 0) is 41.5 Å². The Bertz CT molecular complexity index is 673. The van der Waals surface area contributed by atoms with Crippen molar-refractivity contribution >= 4 is 35.3 Å². The van der Waals surface area contributed by atoms with E-state index in [0.717, 1.165) is 22.1 Å². The molecule has 0 heterocycles. The normalized spacial score (nSPS) is 10.9. The first-order valence-electron chi connectivity index (χ1n) is 7.17. The fourth-order valence-corrected chi connectivity index (χ4v) is 2.89. The van der Waals surface area contributed by atoms with Gasteiger partial charge in [-0.25, -0.2) is 4.39 Å². The van der Waals surface area contributed by atoms with Crippen LogP contribution in [0.2, 0.25) is 5.02 Å². The van der Waals surface area contributed by atoms with E-state index in [1.165, 1.54) is 23.8 Å². The standard InChI is InChI=1S/C18H17ClFNOS/c19-16-3-1-2-15(12-16)13-23-11-10-21-18(22)9-6-14-4-7-17(20)8-5-14/h1-9,12H,10-11,13H2,(H,21,22)/b9-6+. The number of hydrogen-bond acceptors (Lipinski definition) is 2. The molecule has 0 spiro atoms. The Morgan fingerprint density at radius 1 is 1.22 bits per heavy atom. The van der Waals surface area contributed by atoms with Crippen LogP contribution in [-0.2, 0) is 10.5 Å². The lowest BCUT2D eigenvalue weighted by Gasteiger charge is -2.03. The maximum absolute atomic E-state index is 12.8. The lowest BCUT2D eigenvalue weighted by atomic mass is 10.2. The van der Waals surface area contributed by atoms with Gasteiger partial charge in [0.2, 0.25) is 5.91 Å². The van der Waals surface area contributed by atoms with Gasteiger partial charge in [-0.3, -0.25) is 4.79 Å². The molecule has 1 N–H and O–H groups in total. The summed E-state index contributed by atoms with van der Waals surface area (Å²) in [5, 5.41) is 3.55. The first-order chi connectivity index (χ1) is 11.1. The number of rotatable bonds is 7. The minimum absolute atomic E-state index is 0.155. The van der Waals surface area contributed by atoms with Crippen molar-refractivity contribution in [3.63, 3.8) is 0 Å². The molecule has 2 rings (SSSR count). The molecule has 0 fully saturated rings. The molecule has 120 valence electrons. The highest BCUT2D eigenvalue weighted by Gasteiger charge is 1.98. The van der Waals surface area contributed by atoms with Gasteiger partial charge >= 0.3 is 0 Å². The van der Waals surface area contributed by atoms with E-state index in [1.54, 1.807) is 30.0 Å². The van der Waals surface area contributed by atoms with Crippen molar-refractivity contribution < 1.29 is 9.18 Å². The number of amides is 1. The average Bonchev–Trinajstić information content (AvgIpc) is 2.54. The number of carbonyl (C=O) groups is 1. The van der Waals surface area contributed by atoms with Gasteiger partial charge in [0.05, 0.1) is 0 Å². The Hall–Kier alpha value is -1.78. The van der Waals surface area contributed by atoms with E-state index < -0.39 is 0 Å². The summed E-state index contributed by atoms with van der Waals surface area (Å²) in [6.45, 7) is 0.595. The molecule has 0 saturated heterocycles. The predicted octanol–water partition coefficient (Wildman–Crippen LogP) is 4.54. The van der Waals surface area contributed by atoms with E-state index in [9.17, 15) is 9.18 Å². The number of carbonyl (C=O) groups excluding carboxylic acids is 1. The van der Waals surface area contributed by atoms with Crippen LogP contribution in [0, 0.1) is 5.82 Å². The predicted molar refractivity (Wildman–Crippen MR) is 96.1 cm³/mol. The van der Waals surface area contributed by atoms with E-state index in [1.807, 2.05) is 24.3 Å². The second-order valence-corrected chi connectivity index (χ2v) is 6.40. The van der Waals surface area contributed by atoms with Gasteiger partial charge in [-0.2, -0.15) is 11.8 Å². The van der Waals surface area contributed by atoms with Gasteiger partial charge < -0.3 is 5.32 Å². The Labute approximate surface area is 144 Å². The molecular weight excluding hydrogens is 333 g/mol. The summed E-state index contributed by atoms with van der Waals surface area (Å²) in [4.78, 5) is 11.7. The minimum Gasteiger partial charge on any atom is -0.352 e. The molecule has 0 bridgehead atoms. The molecule has 5 heteroatoms. The second-order valence-electron chi connectivity index (χ2n) is 4.86. The first kappa shape index (κ1) is 17.6. The molecule has 1 amide bonds. The van der Waals surface area contributed by atoms with Gasteiger partial charge in [-0.1, -0.05) is 35.9 Å². The topological polar surface area (TPSA) is 29.1 Å². The summed E-state index contributed by atoms with van der Waals surface area (Å²) in [7, 11) is 0. The Kier molecular flexibility index (Phi) is 7.17. The third-order valence-electron chi connectivity index (χ3n) is 3.00. The fraction of sp³-hybridized carbons (Fsp3) is 0.167. The van der Waals surface area contributed by atoms with E-state index in [-0.39, 0.29) is 11.7 Å². The van der Waals surface area contributed by atoms with Crippen LogP contribution in [0.15, 0.2) is 54.6 Å². The van der Waals surface area contributed by atoms with Gasteiger partial charge in [-0.15, -0.1) is 0 Å². The van der Waals surface area contributed by atoms with E-state index in [2.05, 4.69) is 5.32 Å². The van der Waals surface area contributed by atoms with Crippen LogP contribution < -0.4 is 5.32 Å². The Morgan fingerprint density at radius 3 is 2.74 bits per heavy atom. The molecule has 0 radical (unpaired) electrons. The van der Waals surface area contributed by atoms with Crippen LogP contribution in [0.5, 0.6) is 0 Å². The number of halogens is 2. The minimum atomic E-state index is -0.289. The Morgan fingerprint density at radius 2 is 2.00 bits per heavy atom. The highest BCUT2D eigenvalue weighted by molar-refractivity contribution is 7.98. The first-order valence-corrected chi connectivity index (χ1v) is 8.70. The van der Waals surface area contributed by atoms with Crippen LogP contribution in [0.1, 0.15) is 11.1 Å². The monoisotopic (exact) mass is 349 g/mol. The van der Waals surface area contributed by atoms with Gasteiger partial charge in [0.15, 0.2) is 0 Å². The third kappa shape index (κ3) is 6.89. The molecule has 0 aliphatic rings. The SMILES string of the molecule is O=C(/C=C/c1ccc(F)cc1)NCCSCc1cccc(Cl)c1. The number of nitrogens with one attached hydrogen (secondary N) is 1. The maximum Gasteiger partial charge on any atom is 0.244 e. The maximum atomic E-state index is 12.8. The van der Waals surface area contributed by atoms with Crippen LogP contribution in [0.25, 0.3) is 6.08 Å². The number of benzene rings is 2. The Balaban J connectivity index is 1.64. The lowest BCUT2D eigenvalue weighted by molar-refractivity contribution is -0.116. The van der Waals surface area contributed by atoms with Crippen molar-refractivity contribution in [2.24, 2.45) is 0 Å². The van der Waals surface area contributed by atoms with Crippen LogP contribution in [-0.4, -0.2) is 18.2 Å².